The SMILES string of the molecule is COc1ccc(C(=O)c2c(C#Cc3ccccc3)sc3c2CCCC3)cc1. The predicted octanol–water partition coefficient (Wildman–Crippen LogP) is 5.27. The van der Waals surface area contributed by atoms with Crippen molar-refractivity contribution in [1.82, 2.24) is 0 Å². The highest BCUT2D eigenvalue weighted by molar-refractivity contribution is 7.13. The lowest BCUT2D eigenvalue weighted by Crippen LogP contribution is -2.08. The number of hydrogen-bond acceptors (Lipinski definition) is 3. The molecule has 1 heterocycles. The maximum absolute atomic E-state index is 13.3. The summed E-state index contributed by atoms with van der Waals surface area (Å²) in [6.45, 7) is 0. The van der Waals surface area contributed by atoms with Crippen LogP contribution in [0.2, 0.25) is 0 Å². The zero-order valence-electron chi connectivity index (χ0n) is 15.2. The lowest BCUT2D eigenvalue weighted by Gasteiger charge is -2.12. The number of carbonyl (C=O) groups is 1. The Labute approximate surface area is 163 Å². The van der Waals surface area contributed by atoms with Crippen LogP contribution in [0.25, 0.3) is 0 Å². The van der Waals surface area contributed by atoms with Gasteiger partial charge in [0.1, 0.15) is 5.75 Å². The van der Waals surface area contributed by atoms with E-state index in [4.69, 9.17) is 4.74 Å². The molecule has 3 aromatic rings. The van der Waals surface area contributed by atoms with Crippen LogP contribution in [-0.2, 0) is 12.8 Å². The number of aryl methyl sites for hydroxylation is 1. The van der Waals surface area contributed by atoms with E-state index in [1.807, 2.05) is 54.6 Å². The minimum atomic E-state index is 0.0643. The van der Waals surface area contributed by atoms with Crippen LogP contribution < -0.4 is 4.74 Å². The van der Waals surface area contributed by atoms with Crippen molar-refractivity contribution in [3.8, 4) is 17.6 Å². The quantitative estimate of drug-likeness (QED) is 0.463. The summed E-state index contributed by atoms with van der Waals surface area (Å²) in [6.07, 6.45) is 4.35. The second kappa shape index (κ2) is 7.82. The van der Waals surface area contributed by atoms with E-state index in [1.54, 1.807) is 18.4 Å². The fourth-order valence-electron chi connectivity index (χ4n) is 3.43. The second-order valence-electron chi connectivity index (χ2n) is 6.59. The van der Waals surface area contributed by atoms with Crippen LogP contribution >= 0.6 is 11.3 Å². The molecule has 27 heavy (non-hydrogen) atoms. The van der Waals surface area contributed by atoms with E-state index in [9.17, 15) is 4.79 Å². The third-order valence-corrected chi connectivity index (χ3v) is 6.05. The van der Waals surface area contributed by atoms with Crippen molar-refractivity contribution in [1.29, 1.82) is 0 Å². The summed E-state index contributed by atoms with van der Waals surface area (Å²) in [5.41, 5.74) is 3.67. The molecule has 0 spiro atoms. The van der Waals surface area contributed by atoms with Crippen molar-refractivity contribution < 1.29 is 9.53 Å². The normalized spacial score (nSPS) is 12.6. The molecule has 2 aromatic carbocycles. The van der Waals surface area contributed by atoms with Gasteiger partial charge >= 0.3 is 0 Å². The lowest BCUT2D eigenvalue weighted by molar-refractivity contribution is 0.103. The van der Waals surface area contributed by atoms with Crippen molar-refractivity contribution in [3.63, 3.8) is 0 Å². The molecule has 0 saturated carbocycles. The summed E-state index contributed by atoms with van der Waals surface area (Å²) in [5.74, 6) is 7.32. The Bertz CT molecular complexity index is 1020. The zero-order chi connectivity index (χ0) is 18.6. The number of methoxy groups -OCH3 is 1. The van der Waals surface area contributed by atoms with Gasteiger partial charge in [-0.25, -0.2) is 0 Å². The first kappa shape index (κ1) is 17.6. The average Bonchev–Trinajstić information content (AvgIpc) is 3.11. The first-order chi connectivity index (χ1) is 13.3. The van der Waals surface area contributed by atoms with Crippen LogP contribution in [0.5, 0.6) is 5.75 Å². The lowest BCUT2D eigenvalue weighted by atomic mass is 9.91. The number of benzene rings is 2. The van der Waals surface area contributed by atoms with E-state index in [0.29, 0.717) is 5.56 Å². The molecule has 0 fully saturated rings. The standard InChI is InChI=1S/C24H20O2S/c1-26-19-14-12-18(13-15-19)24(25)23-20-9-5-6-10-21(20)27-22(23)16-11-17-7-3-2-4-8-17/h2-4,7-8,12-15H,5-6,9-10H2,1H3. The average molecular weight is 372 g/mol. The van der Waals surface area contributed by atoms with E-state index in [2.05, 4.69) is 11.8 Å². The summed E-state index contributed by atoms with van der Waals surface area (Å²) in [6, 6.07) is 17.3. The van der Waals surface area contributed by atoms with Gasteiger partial charge in [0.2, 0.25) is 0 Å². The number of carbonyl (C=O) groups excluding carboxylic acids is 1. The Morgan fingerprint density at radius 3 is 2.44 bits per heavy atom. The van der Waals surface area contributed by atoms with E-state index < -0.39 is 0 Å². The van der Waals surface area contributed by atoms with Gasteiger partial charge in [-0.15, -0.1) is 11.3 Å². The molecule has 1 aliphatic carbocycles. The van der Waals surface area contributed by atoms with Crippen LogP contribution in [0, 0.1) is 11.8 Å². The zero-order valence-corrected chi connectivity index (χ0v) is 16.1. The maximum atomic E-state index is 13.3. The molecule has 0 unspecified atom stereocenters. The molecule has 0 aliphatic heterocycles. The molecule has 1 aliphatic rings. The minimum Gasteiger partial charge on any atom is -0.497 e. The van der Waals surface area contributed by atoms with Crippen molar-refractivity contribution in [3.05, 3.63) is 86.6 Å². The summed E-state index contributed by atoms with van der Waals surface area (Å²) in [5, 5.41) is 0. The van der Waals surface area contributed by atoms with Gasteiger partial charge in [0.15, 0.2) is 5.78 Å². The molecule has 0 N–H and O–H groups in total. The van der Waals surface area contributed by atoms with Crippen LogP contribution in [0.3, 0.4) is 0 Å². The second-order valence-corrected chi connectivity index (χ2v) is 7.69. The number of rotatable bonds is 3. The number of ether oxygens (including phenoxy) is 1. The van der Waals surface area contributed by atoms with Crippen molar-refractivity contribution in [2.45, 2.75) is 25.7 Å². The number of fused-ring (bicyclic) bond motifs is 1. The summed E-state index contributed by atoms with van der Waals surface area (Å²) < 4.78 is 5.21. The third kappa shape index (κ3) is 3.67. The van der Waals surface area contributed by atoms with Gasteiger partial charge in [-0.1, -0.05) is 24.1 Å². The Morgan fingerprint density at radius 2 is 1.70 bits per heavy atom. The largest absolute Gasteiger partial charge is 0.497 e. The molecule has 0 radical (unpaired) electrons. The van der Waals surface area contributed by atoms with Gasteiger partial charge in [0.25, 0.3) is 0 Å². The molecule has 134 valence electrons. The first-order valence-electron chi connectivity index (χ1n) is 9.16. The minimum absolute atomic E-state index is 0.0643. The van der Waals surface area contributed by atoms with Gasteiger partial charge < -0.3 is 4.74 Å². The summed E-state index contributed by atoms with van der Waals surface area (Å²) >= 11 is 1.69. The van der Waals surface area contributed by atoms with Crippen LogP contribution in [0.4, 0.5) is 0 Å². The molecule has 0 amide bonds. The molecule has 0 bridgehead atoms. The molecule has 3 heteroatoms. The first-order valence-corrected chi connectivity index (χ1v) is 9.98. The van der Waals surface area contributed by atoms with Gasteiger partial charge in [0, 0.05) is 16.0 Å². The fourth-order valence-corrected chi connectivity index (χ4v) is 4.67. The molecule has 4 rings (SSSR count). The Morgan fingerprint density at radius 1 is 0.963 bits per heavy atom. The Balaban J connectivity index is 1.77. The number of hydrogen-bond donors (Lipinski definition) is 0. The smallest absolute Gasteiger partial charge is 0.195 e. The van der Waals surface area contributed by atoms with Crippen LogP contribution in [0.15, 0.2) is 54.6 Å². The molecular formula is C24H20O2S. The van der Waals surface area contributed by atoms with Crippen LogP contribution in [-0.4, -0.2) is 12.9 Å². The van der Waals surface area contributed by atoms with E-state index in [0.717, 1.165) is 41.0 Å². The van der Waals surface area contributed by atoms with Gasteiger partial charge in [-0.3, -0.25) is 4.79 Å². The monoisotopic (exact) mass is 372 g/mol. The summed E-state index contributed by atoms with van der Waals surface area (Å²) in [4.78, 5) is 15.5. The van der Waals surface area contributed by atoms with Crippen molar-refractivity contribution >= 4 is 17.1 Å². The molecular weight excluding hydrogens is 352 g/mol. The van der Waals surface area contributed by atoms with Crippen molar-refractivity contribution in [2.75, 3.05) is 7.11 Å². The predicted molar refractivity (Wildman–Crippen MR) is 110 cm³/mol. The highest BCUT2D eigenvalue weighted by Crippen LogP contribution is 2.35. The fraction of sp³-hybridized carbons (Fsp3) is 0.208. The Hall–Kier alpha value is -2.83. The van der Waals surface area contributed by atoms with Gasteiger partial charge in [-0.2, -0.15) is 0 Å². The van der Waals surface area contributed by atoms with E-state index in [1.165, 1.54) is 16.9 Å². The van der Waals surface area contributed by atoms with Gasteiger partial charge in [0.05, 0.1) is 17.6 Å². The van der Waals surface area contributed by atoms with Crippen molar-refractivity contribution in [2.24, 2.45) is 0 Å². The third-order valence-electron chi connectivity index (χ3n) is 4.84. The molecule has 0 atom stereocenters. The highest BCUT2D eigenvalue weighted by atomic mass is 32.1. The van der Waals surface area contributed by atoms with Crippen LogP contribution in [0.1, 0.15) is 49.6 Å². The Kier molecular flexibility index (Phi) is 5.09. The molecule has 0 saturated heterocycles. The topological polar surface area (TPSA) is 26.3 Å². The summed E-state index contributed by atoms with van der Waals surface area (Å²) in [7, 11) is 1.63. The molecule has 2 nitrogen and oxygen atoms in total. The van der Waals surface area contributed by atoms with Gasteiger partial charge in [-0.05, 0) is 73.6 Å². The van der Waals surface area contributed by atoms with E-state index in [-0.39, 0.29) is 5.78 Å². The van der Waals surface area contributed by atoms with E-state index >= 15 is 0 Å². The number of thiophene rings is 1. The maximum Gasteiger partial charge on any atom is 0.195 e. The number of ketones is 1. The molecule has 1 aromatic heterocycles. The highest BCUT2D eigenvalue weighted by Gasteiger charge is 2.25.